The van der Waals surface area contributed by atoms with E-state index in [1.54, 1.807) is 35.7 Å². The van der Waals surface area contributed by atoms with E-state index >= 15 is 0 Å². The van der Waals surface area contributed by atoms with Gasteiger partial charge in [0.25, 0.3) is 5.91 Å². The lowest BCUT2D eigenvalue weighted by molar-refractivity contribution is 0.0951. The molecule has 3 N–H and O–H groups in total. The molecule has 1 heterocycles. The molecule has 2 rings (SSSR count). The Kier molecular flexibility index (Phi) is 4.01. The van der Waals surface area contributed by atoms with Crippen LogP contribution in [0.15, 0.2) is 24.4 Å². The van der Waals surface area contributed by atoms with Crippen molar-refractivity contribution in [3.63, 3.8) is 0 Å². The Morgan fingerprint density at radius 3 is 2.89 bits per heavy atom. The van der Waals surface area contributed by atoms with Gasteiger partial charge in [-0.3, -0.25) is 4.79 Å². The average Bonchev–Trinajstić information content (AvgIpc) is 2.81. The van der Waals surface area contributed by atoms with Gasteiger partial charge < -0.3 is 15.8 Å². The second kappa shape index (κ2) is 5.71. The molecule has 0 spiro atoms. The first-order chi connectivity index (χ1) is 9.10. The summed E-state index contributed by atoms with van der Waals surface area (Å²) in [6.07, 6.45) is 1.77. The number of ether oxygens (including phenoxy) is 1. The highest BCUT2D eigenvalue weighted by atomic mass is 32.1. The van der Waals surface area contributed by atoms with Crippen LogP contribution in [-0.4, -0.2) is 18.0 Å². The number of hydrogen-bond donors (Lipinski definition) is 2. The summed E-state index contributed by atoms with van der Waals surface area (Å²) in [5, 5.41) is 3.81. The number of carbonyl (C=O) groups excluding carboxylic acids is 1. The van der Waals surface area contributed by atoms with Crippen LogP contribution >= 0.6 is 11.3 Å². The first-order valence-electron chi connectivity index (χ1n) is 5.73. The quantitative estimate of drug-likeness (QED) is 0.838. The highest BCUT2D eigenvalue weighted by Crippen LogP contribution is 2.21. The average molecular weight is 277 g/mol. The third-order valence-electron chi connectivity index (χ3n) is 2.58. The number of aryl methyl sites for hydroxylation is 1. The predicted octanol–water partition coefficient (Wildman–Crippen LogP) is 1.97. The van der Waals surface area contributed by atoms with Crippen molar-refractivity contribution in [1.29, 1.82) is 0 Å². The van der Waals surface area contributed by atoms with Crippen molar-refractivity contribution in [3.8, 4) is 5.75 Å². The number of nitrogens with zero attached hydrogens (tertiary/aromatic N) is 1. The normalized spacial score (nSPS) is 10.2. The minimum absolute atomic E-state index is 0.166. The van der Waals surface area contributed by atoms with Crippen molar-refractivity contribution < 1.29 is 9.53 Å². The minimum Gasteiger partial charge on any atom is -0.495 e. The van der Waals surface area contributed by atoms with E-state index in [4.69, 9.17) is 10.5 Å². The Balaban J connectivity index is 2.01. The van der Waals surface area contributed by atoms with Gasteiger partial charge in [0.05, 0.1) is 24.3 Å². The third kappa shape index (κ3) is 3.23. The molecule has 0 bridgehead atoms. The van der Waals surface area contributed by atoms with Gasteiger partial charge in [-0.1, -0.05) is 0 Å². The van der Waals surface area contributed by atoms with E-state index in [9.17, 15) is 4.79 Å². The van der Waals surface area contributed by atoms with E-state index < -0.39 is 0 Å². The zero-order chi connectivity index (χ0) is 13.8. The van der Waals surface area contributed by atoms with E-state index in [-0.39, 0.29) is 5.91 Å². The molecule has 1 aromatic heterocycles. The van der Waals surface area contributed by atoms with Crippen LogP contribution in [0, 0.1) is 6.92 Å². The van der Waals surface area contributed by atoms with Crippen molar-refractivity contribution in [2.24, 2.45) is 0 Å². The molecule has 0 atom stereocenters. The number of benzene rings is 1. The molecule has 19 heavy (non-hydrogen) atoms. The zero-order valence-electron chi connectivity index (χ0n) is 10.8. The SMILES string of the molecule is COc1ccc(C(=O)NCc2cnc(C)s2)cc1N. The summed E-state index contributed by atoms with van der Waals surface area (Å²) in [5.74, 6) is 0.398. The molecule has 0 saturated heterocycles. The molecular formula is C13H15N3O2S. The van der Waals surface area contributed by atoms with E-state index in [2.05, 4.69) is 10.3 Å². The number of amides is 1. The number of nitrogen functional groups attached to an aromatic ring is 1. The highest BCUT2D eigenvalue weighted by molar-refractivity contribution is 7.11. The third-order valence-corrected chi connectivity index (χ3v) is 3.50. The number of anilines is 1. The van der Waals surface area contributed by atoms with Crippen LogP contribution in [0.25, 0.3) is 0 Å². The van der Waals surface area contributed by atoms with Gasteiger partial charge >= 0.3 is 0 Å². The molecular weight excluding hydrogens is 262 g/mol. The lowest BCUT2D eigenvalue weighted by atomic mass is 10.2. The van der Waals surface area contributed by atoms with Gasteiger partial charge in [-0.05, 0) is 25.1 Å². The van der Waals surface area contributed by atoms with Crippen molar-refractivity contribution in [2.75, 3.05) is 12.8 Å². The van der Waals surface area contributed by atoms with Crippen LogP contribution in [0.1, 0.15) is 20.2 Å². The minimum atomic E-state index is -0.166. The van der Waals surface area contributed by atoms with Gasteiger partial charge in [-0.15, -0.1) is 11.3 Å². The van der Waals surface area contributed by atoms with Crippen molar-refractivity contribution >= 4 is 22.9 Å². The Hall–Kier alpha value is -2.08. The van der Waals surface area contributed by atoms with Crippen molar-refractivity contribution in [2.45, 2.75) is 13.5 Å². The molecule has 0 fully saturated rings. The molecule has 2 aromatic rings. The summed E-state index contributed by atoms with van der Waals surface area (Å²) in [6.45, 7) is 2.40. The highest BCUT2D eigenvalue weighted by Gasteiger charge is 2.09. The monoisotopic (exact) mass is 277 g/mol. The molecule has 0 unspecified atom stereocenters. The van der Waals surface area contributed by atoms with Crippen molar-refractivity contribution in [3.05, 3.63) is 39.8 Å². The molecule has 1 aromatic carbocycles. The zero-order valence-corrected chi connectivity index (χ0v) is 11.6. The van der Waals surface area contributed by atoms with Gasteiger partial charge in [0.15, 0.2) is 0 Å². The summed E-state index contributed by atoms with van der Waals surface area (Å²) in [4.78, 5) is 17.1. The summed E-state index contributed by atoms with van der Waals surface area (Å²) in [5.41, 5.74) is 6.73. The number of hydrogen-bond acceptors (Lipinski definition) is 5. The van der Waals surface area contributed by atoms with Crippen LogP contribution in [0.3, 0.4) is 0 Å². The fourth-order valence-electron chi connectivity index (χ4n) is 1.63. The largest absolute Gasteiger partial charge is 0.495 e. The first-order valence-corrected chi connectivity index (χ1v) is 6.55. The maximum absolute atomic E-state index is 12.0. The Morgan fingerprint density at radius 1 is 1.53 bits per heavy atom. The van der Waals surface area contributed by atoms with E-state index in [0.717, 1.165) is 9.88 Å². The lowest BCUT2D eigenvalue weighted by Crippen LogP contribution is -2.22. The van der Waals surface area contributed by atoms with E-state index in [1.165, 1.54) is 7.11 Å². The maximum atomic E-state index is 12.0. The van der Waals surface area contributed by atoms with Gasteiger partial charge in [-0.25, -0.2) is 4.98 Å². The summed E-state index contributed by atoms with van der Waals surface area (Å²) in [6, 6.07) is 4.97. The Morgan fingerprint density at radius 2 is 2.32 bits per heavy atom. The fourth-order valence-corrected chi connectivity index (χ4v) is 2.37. The van der Waals surface area contributed by atoms with Gasteiger partial charge in [-0.2, -0.15) is 0 Å². The Labute approximate surface area is 115 Å². The smallest absolute Gasteiger partial charge is 0.251 e. The summed E-state index contributed by atoms with van der Waals surface area (Å²) in [7, 11) is 1.54. The maximum Gasteiger partial charge on any atom is 0.251 e. The summed E-state index contributed by atoms with van der Waals surface area (Å²) >= 11 is 1.56. The second-order valence-corrected chi connectivity index (χ2v) is 5.30. The van der Waals surface area contributed by atoms with E-state index in [1.807, 2.05) is 6.92 Å². The van der Waals surface area contributed by atoms with Crippen LogP contribution in [0.4, 0.5) is 5.69 Å². The van der Waals surface area contributed by atoms with E-state index in [0.29, 0.717) is 23.5 Å². The molecule has 0 aliphatic carbocycles. The fraction of sp³-hybridized carbons (Fsp3) is 0.231. The number of nitrogens with two attached hydrogens (primary N) is 1. The lowest BCUT2D eigenvalue weighted by Gasteiger charge is -2.07. The van der Waals surface area contributed by atoms with Crippen LogP contribution in [0.2, 0.25) is 0 Å². The van der Waals surface area contributed by atoms with Crippen molar-refractivity contribution in [1.82, 2.24) is 10.3 Å². The van der Waals surface area contributed by atoms with Gasteiger partial charge in [0, 0.05) is 16.6 Å². The molecule has 6 heteroatoms. The molecule has 5 nitrogen and oxygen atoms in total. The van der Waals surface area contributed by atoms with Gasteiger partial charge in [0.1, 0.15) is 5.75 Å². The first kappa shape index (κ1) is 13.4. The van der Waals surface area contributed by atoms with Crippen LogP contribution in [-0.2, 0) is 6.54 Å². The molecule has 0 aliphatic heterocycles. The number of nitrogens with one attached hydrogen (secondary N) is 1. The molecule has 0 radical (unpaired) electrons. The number of carbonyl (C=O) groups is 1. The number of methoxy groups -OCH3 is 1. The molecule has 100 valence electrons. The molecule has 0 saturated carbocycles. The molecule has 0 aliphatic rings. The number of thiazole rings is 1. The number of rotatable bonds is 4. The molecule has 1 amide bonds. The Bertz CT molecular complexity index is 595. The topological polar surface area (TPSA) is 77.2 Å². The predicted molar refractivity (Wildman–Crippen MR) is 75.4 cm³/mol. The summed E-state index contributed by atoms with van der Waals surface area (Å²) < 4.78 is 5.05. The van der Waals surface area contributed by atoms with Crippen LogP contribution in [0.5, 0.6) is 5.75 Å². The second-order valence-electron chi connectivity index (χ2n) is 3.98. The van der Waals surface area contributed by atoms with Gasteiger partial charge in [0.2, 0.25) is 0 Å². The van der Waals surface area contributed by atoms with Crippen LogP contribution < -0.4 is 15.8 Å². The number of aromatic nitrogens is 1. The standard InChI is InChI=1S/C13H15N3O2S/c1-8-15-6-10(19-8)7-16-13(17)9-3-4-12(18-2)11(14)5-9/h3-6H,7,14H2,1-2H3,(H,16,17).